The summed E-state index contributed by atoms with van der Waals surface area (Å²) in [6.07, 6.45) is 5.98. The van der Waals surface area contributed by atoms with Crippen LogP contribution in [-0.2, 0) is 10.3 Å². The van der Waals surface area contributed by atoms with Gasteiger partial charge in [-0.25, -0.2) is 4.79 Å². The van der Waals surface area contributed by atoms with Crippen LogP contribution in [0.25, 0.3) is 10.9 Å². The molecule has 0 radical (unpaired) electrons. The highest BCUT2D eigenvalue weighted by Gasteiger charge is 2.44. The maximum absolute atomic E-state index is 13.3. The first-order valence-electron chi connectivity index (χ1n) is 12.1. The number of hydrogen-bond acceptors (Lipinski definition) is 4. The Bertz CT molecular complexity index is 1120. The molecule has 2 amide bonds. The van der Waals surface area contributed by atoms with E-state index < -0.39 is 11.7 Å². The molecule has 1 spiro atoms. The number of nitrogens with zero attached hydrogens (tertiary/aromatic N) is 1. The molecule has 2 unspecified atom stereocenters. The summed E-state index contributed by atoms with van der Waals surface area (Å²) in [6, 6.07) is 7.68. The van der Waals surface area contributed by atoms with E-state index in [2.05, 4.69) is 15.2 Å². The number of carbonyl (C=O) groups excluding carboxylic acids is 3. The van der Waals surface area contributed by atoms with Gasteiger partial charge in [0.2, 0.25) is 0 Å². The van der Waals surface area contributed by atoms with Crippen LogP contribution >= 0.6 is 0 Å². The summed E-state index contributed by atoms with van der Waals surface area (Å²) in [5.41, 5.74) is 1.74. The molecule has 7 nitrogen and oxygen atoms in total. The number of ether oxygens (including phenoxy) is 1. The van der Waals surface area contributed by atoms with Crippen LogP contribution in [0.15, 0.2) is 24.3 Å². The fraction of sp³-hybridized carbons (Fsp3) is 0.577. The average molecular weight is 452 g/mol. The normalized spacial score (nSPS) is 23.7. The van der Waals surface area contributed by atoms with Crippen molar-refractivity contribution in [3.8, 4) is 0 Å². The van der Waals surface area contributed by atoms with Crippen LogP contribution in [0.2, 0.25) is 0 Å². The summed E-state index contributed by atoms with van der Waals surface area (Å²) in [5, 5.41) is 7.01. The Hall–Kier alpha value is -2.83. The predicted octanol–water partition coefficient (Wildman–Crippen LogP) is 4.53. The quantitative estimate of drug-likeness (QED) is 0.669. The minimum Gasteiger partial charge on any atom is -0.444 e. The van der Waals surface area contributed by atoms with Crippen molar-refractivity contribution >= 4 is 28.7 Å². The second-order valence-corrected chi connectivity index (χ2v) is 11.0. The smallest absolute Gasteiger partial charge is 0.407 e. The number of amides is 2. The number of alkyl carbamates (subject to hydrolysis) is 1. The van der Waals surface area contributed by atoms with Gasteiger partial charge in [0.05, 0.1) is 5.54 Å². The Kier molecular flexibility index (Phi) is 5.26. The maximum atomic E-state index is 13.3. The predicted molar refractivity (Wildman–Crippen MR) is 126 cm³/mol. The molecule has 2 aliphatic carbocycles. The van der Waals surface area contributed by atoms with E-state index in [9.17, 15) is 14.4 Å². The van der Waals surface area contributed by atoms with Crippen LogP contribution in [0, 0.1) is 5.92 Å². The van der Waals surface area contributed by atoms with Crippen molar-refractivity contribution in [3.63, 3.8) is 0 Å². The van der Waals surface area contributed by atoms with E-state index in [1.54, 1.807) is 0 Å². The van der Waals surface area contributed by atoms with Crippen LogP contribution in [0.4, 0.5) is 4.79 Å². The Labute approximate surface area is 194 Å². The first-order valence-corrected chi connectivity index (χ1v) is 12.1. The molecule has 3 aliphatic rings. The van der Waals surface area contributed by atoms with Crippen LogP contribution < -0.4 is 10.6 Å². The van der Waals surface area contributed by atoms with Crippen molar-refractivity contribution in [1.29, 1.82) is 0 Å². The highest BCUT2D eigenvalue weighted by atomic mass is 16.6. The molecule has 0 bridgehead atoms. The topological polar surface area (TPSA) is 89.4 Å². The summed E-state index contributed by atoms with van der Waals surface area (Å²) in [7, 11) is 0. The molecule has 2 saturated carbocycles. The van der Waals surface area contributed by atoms with Crippen LogP contribution in [0.1, 0.15) is 86.6 Å². The number of fused-ring (bicyclic) bond motifs is 4. The molecule has 2 heterocycles. The zero-order valence-electron chi connectivity index (χ0n) is 19.7. The average Bonchev–Trinajstić information content (AvgIpc) is 3.30. The van der Waals surface area contributed by atoms with Crippen molar-refractivity contribution in [3.05, 3.63) is 35.5 Å². The first-order chi connectivity index (χ1) is 15.7. The van der Waals surface area contributed by atoms with E-state index >= 15 is 0 Å². The van der Waals surface area contributed by atoms with E-state index in [4.69, 9.17) is 4.74 Å². The lowest BCUT2D eigenvalue weighted by atomic mass is 9.75. The molecule has 176 valence electrons. The van der Waals surface area contributed by atoms with Gasteiger partial charge in [-0.1, -0.05) is 18.6 Å². The van der Waals surface area contributed by atoms with Gasteiger partial charge in [0.1, 0.15) is 11.3 Å². The lowest BCUT2D eigenvalue weighted by Gasteiger charge is -2.47. The zero-order chi connectivity index (χ0) is 23.4. The van der Waals surface area contributed by atoms with Gasteiger partial charge in [-0.05, 0) is 70.9 Å². The molecule has 2 atom stereocenters. The van der Waals surface area contributed by atoms with Gasteiger partial charge in [0.15, 0.2) is 5.78 Å². The molecular weight excluding hydrogens is 418 g/mol. The molecule has 0 saturated heterocycles. The molecule has 1 aliphatic heterocycles. The van der Waals surface area contributed by atoms with E-state index in [-0.39, 0.29) is 29.2 Å². The van der Waals surface area contributed by atoms with E-state index in [1.165, 1.54) is 0 Å². The number of ketones is 1. The molecule has 1 aromatic carbocycles. The van der Waals surface area contributed by atoms with E-state index in [0.717, 1.165) is 49.4 Å². The van der Waals surface area contributed by atoms with Gasteiger partial charge in [-0.2, -0.15) is 0 Å². The number of aromatic nitrogens is 1. The molecule has 2 fully saturated rings. The summed E-state index contributed by atoms with van der Waals surface area (Å²) >= 11 is 0. The van der Waals surface area contributed by atoms with Gasteiger partial charge < -0.3 is 19.9 Å². The fourth-order valence-electron chi connectivity index (χ4n) is 5.74. The monoisotopic (exact) mass is 451 g/mol. The largest absolute Gasteiger partial charge is 0.444 e. The highest BCUT2D eigenvalue weighted by molar-refractivity contribution is 6.03. The van der Waals surface area contributed by atoms with Crippen LogP contribution in [0.5, 0.6) is 0 Å². The molecular formula is C26H33N3O4. The number of Topliss-reactive ketones (excluding diaryl/α,β-unsaturated/α-hetero) is 1. The molecule has 33 heavy (non-hydrogen) atoms. The second-order valence-electron chi connectivity index (χ2n) is 11.0. The van der Waals surface area contributed by atoms with Gasteiger partial charge in [0.25, 0.3) is 5.91 Å². The molecule has 2 aromatic rings. The van der Waals surface area contributed by atoms with E-state index in [1.807, 2.05) is 45.0 Å². The third-order valence-corrected chi connectivity index (χ3v) is 7.50. The van der Waals surface area contributed by atoms with Crippen molar-refractivity contribution in [1.82, 2.24) is 15.2 Å². The van der Waals surface area contributed by atoms with Crippen molar-refractivity contribution in [2.45, 2.75) is 82.9 Å². The Morgan fingerprint density at radius 3 is 2.67 bits per heavy atom. The summed E-state index contributed by atoms with van der Waals surface area (Å²) in [5.74, 6) is 0.141. The molecule has 5 rings (SSSR count). The molecule has 1 aromatic heterocycles. The van der Waals surface area contributed by atoms with Gasteiger partial charge in [-0.3, -0.25) is 9.59 Å². The van der Waals surface area contributed by atoms with Crippen molar-refractivity contribution < 1.29 is 19.1 Å². The van der Waals surface area contributed by atoms with Crippen molar-refractivity contribution in [2.24, 2.45) is 5.92 Å². The number of carbonyl (C=O) groups is 3. The number of rotatable bonds is 4. The standard InChI is InChI=1S/C26H33N3O4/c1-25(2,3)33-24(32)28-19-7-4-6-16(19)14-22(30)18-9-8-17-12-21-23(31)27-15-26(10-5-11-26)29(21)20(17)13-18/h8-9,12-13,16,19H,4-7,10-11,14-15H2,1-3H3,(H,27,31)(H,28,32). The third-order valence-electron chi connectivity index (χ3n) is 7.50. The van der Waals surface area contributed by atoms with Gasteiger partial charge in [0, 0.05) is 35.5 Å². The minimum absolute atomic E-state index is 0.0429. The highest BCUT2D eigenvalue weighted by Crippen LogP contribution is 2.44. The summed E-state index contributed by atoms with van der Waals surface area (Å²) < 4.78 is 7.59. The van der Waals surface area contributed by atoms with Crippen LogP contribution in [0.3, 0.4) is 0 Å². The van der Waals surface area contributed by atoms with Gasteiger partial charge >= 0.3 is 6.09 Å². The van der Waals surface area contributed by atoms with Gasteiger partial charge in [-0.15, -0.1) is 0 Å². The van der Waals surface area contributed by atoms with Crippen LogP contribution in [-0.4, -0.2) is 40.5 Å². The Morgan fingerprint density at radius 1 is 1.18 bits per heavy atom. The first kappa shape index (κ1) is 22.0. The Balaban J connectivity index is 1.35. The summed E-state index contributed by atoms with van der Waals surface area (Å²) in [4.78, 5) is 38.0. The minimum atomic E-state index is -0.547. The lowest BCUT2D eigenvalue weighted by Crippen LogP contribution is -2.55. The number of nitrogens with one attached hydrogen (secondary N) is 2. The van der Waals surface area contributed by atoms with E-state index in [0.29, 0.717) is 24.2 Å². The SMILES string of the molecule is CC(C)(C)OC(=O)NC1CCCC1CC(=O)c1ccc2cc3n(c2c1)C1(CCC1)CNC3=O. The Morgan fingerprint density at radius 2 is 1.97 bits per heavy atom. The summed E-state index contributed by atoms with van der Waals surface area (Å²) in [6.45, 7) is 6.18. The number of benzene rings is 1. The van der Waals surface area contributed by atoms with Crippen molar-refractivity contribution in [2.75, 3.05) is 6.54 Å². The lowest BCUT2D eigenvalue weighted by molar-refractivity contribution is 0.0488. The fourth-order valence-corrected chi connectivity index (χ4v) is 5.74. The third kappa shape index (κ3) is 4.02. The maximum Gasteiger partial charge on any atom is 0.407 e. The zero-order valence-corrected chi connectivity index (χ0v) is 19.7. The molecule has 7 heteroatoms. The molecule has 2 N–H and O–H groups in total. The number of hydrogen-bond donors (Lipinski definition) is 2. The second kappa shape index (κ2) is 7.89.